The first-order valence-electron chi connectivity index (χ1n) is 5.47. The Bertz CT molecular complexity index is 608. The summed E-state index contributed by atoms with van der Waals surface area (Å²) in [6.45, 7) is 0.0112. The summed E-state index contributed by atoms with van der Waals surface area (Å²) in [5, 5.41) is 8.58. The van der Waals surface area contributed by atoms with Crippen molar-refractivity contribution in [3.05, 3.63) is 24.3 Å². The molecule has 0 saturated carbocycles. The minimum Gasteiger partial charge on any atom is -0.396 e. The van der Waals surface area contributed by atoms with Gasteiger partial charge in [-0.15, -0.1) is 0 Å². The van der Waals surface area contributed by atoms with Gasteiger partial charge in [-0.2, -0.15) is 0 Å². The highest BCUT2D eigenvalue weighted by Crippen LogP contribution is 2.13. The monoisotopic (exact) mass is 308 g/mol. The lowest BCUT2D eigenvalue weighted by molar-refractivity contribution is 0.289. The van der Waals surface area contributed by atoms with Crippen LogP contribution in [0, 0.1) is 0 Å². The average molecular weight is 308 g/mol. The Kier molecular flexibility index (Phi) is 5.44. The first-order chi connectivity index (χ1) is 8.83. The molecule has 0 fully saturated rings. The van der Waals surface area contributed by atoms with Gasteiger partial charge < -0.3 is 5.11 Å². The molecule has 0 amide bonds. The number of aliphatic hydroxyl groups excluding tert-OH is 1. The predicted molar refractivity (Wildman–Crippen MR) is 69.6 cm³/mol. The van der Waals surface area contributed by atoms with Crippen LogP contribution in [0.1, 0.15) is 6.42 Å². The van der Waals surface area contributed by atoms with E-state index in [-0.39, 0.29) is 22.9 Å². The van der Waals surface area contributed by atoms with Gasteiger partial charge in [0.15, 0.2) is 0 Å². The van der Waals surface area contributed by atoms with E-state index in [2.05, 4.69) is 9.44 Å². The average Bonchev–Trinajstić information content (AvgIpc) is 2.39. The van der Waals surface area contributed by atoms with E-state index in [4.69, 9.17) is 5.11 Å². The van der Waals surface area contributed by atoms with E-state index in [1.807, 2.05) is 0 Å². The van der Waals surface area contributed by atoms with Crippen LogP contribution in [-0.2, 0) is 20.0 Å². The Hall–Kier alpha value is -1.00. The molecule has 9 heteroatoms. The molecule has 0 unspecified atom stereocenters. The van der Waals surface area contributed by atoms with Crippen molar-refractivity contribution in [1.29, 1.82) is 0 Å². The van der Waals surface area contributed by atoms with Gasteiger partial charge in [0.05, 0.1) is 9.79 Å². The van der Waals surface area contributed by atoms with Crippen molar-refractivity contribution in [2.24, 2.45) is 0 Å². The molecular weight excluding hydrogens is 292 g/mol. The fourth-order valence-electron chi connectivity index (χ4n) is 1.28. The number of nitrogens with one attached hydrogen (secondary N) is 2. The summed E-state index contributed by atoms with van der Waals surface area (Å²) < 4.78 is 50.9. The van der Waals surface area contributed by atoms with Crippen LogP contribution in [0.25, 0.3) is 0 Å². The van der Waals surface area contributed by atoms with Gasteiger partial charge in [0.1, 0.15) is 0 Å². The molecule has 19 heavy (non-hydrogen) atoms. The van der Waals surface area contributed by atoms with E-state index in [9.17, 15) is 16.8 Å². The lowest BCUT2D eigenvalue weighted by atomic mass is 10.4. The molecule has 0 bridgehead atoms. The third kappa shape index (κ3) is 4.25. The van der Waals surface area contributed by atoms with Gasteiger partial charge in [-0.25, -0.2) is 26.3 Å². The summed E-state index contributed by atoms with van der Waals surface area (Å²) in [6, 6.07) is 4.86. The quantitative estimate of drug-likeness (QED) is 0.574. The van der Waals surface area contributed by atoms with Crippen LogP contribution in [0.4, 0.5) is 0 Å². The molecule has 1 aromatic rings. The summed E-state index contributed by atoms with van der Waals surface area (Å²) in [5.41, 5.74) is 0. The van der Waals surface area contributed by atoms with Gasteiger partial charge in [0, 0.05) is 13.2 Å². The zero-order chi connectivity index (χ0) is 14.5. The highest BCUT2D eigenvalue weighted by atomic mass is 32.2. The summed E-state index contributed by atoms with van der Waals surface area (Å²) in [4.78, 5) is -0.0372. The van der Waals surface area contributed by atoms with E-state index in [0.29, 0.717) is 6.42 Å². The number of rotatable bonds is 7. The second kappa shape index (κ2) is 6.44. The third-order valence-electron chi connectivity index (χ3n) is 2.34. The van der Waals surface area contributed by atoms with E-state index in [1.165, 1.54) is 31.3 Å². The molecule has 0 atom stereocenters. The summed E-state index contributed by atoms with van der Waals surface area (Å²) in [7, 11) is -5.98. The minimum atomic E-state index is -3.68. The molecule has 1 rings (SSSR count). The van der Waals surface area contributed by atoms with Crippen molar-refractivity contribution < 1.29 is 21.9 Å². The van der Waals surface area contributed by atoms with Crippen LogP contribution in [0.2, 0.25) is 0 Å². The highest BCUT2D eigenvalue weighted by molar-refractivity contribution is 7.90. The largest absolute Gasteiger partial charge is 0.396 e. The van der Waals surface area contributed by atoms with Gasteiger partial charge >= 0.3 is 0 Å². The molecule has 0 aromatic heterocycles. The highest BCUT2D eigenvalue weighted by Gasteiger charge is 2.16. The number of hydrogen-bond acceptors (Lipinski definition) is 5. The second-order valence-corrected chi connectivity index (χ2v) is 7.31. The van der Waals surface area contributed by atoms with Crippen LogP contribution >= 0.6 is 0 Å². The molecule has 3 N–H and O–H groups in total. The van der Waals surface area contributed by atoms with E-state index >= 15 is 0 Å². The van der Waals surface area contributed by atoms with Crippen LogP contribution in [-0.4, -0.2) is 42.1 Å². The van der Waals surface area contributed by atoms with Crippen LogP contribution < -0.4 is 9.44 Å². The minimum absolute atomic E-state index is 0.00990. The molecule has 0 aliphatic heterocycles. The van der Waals surface area contributed by atoms with Crippen LogP contribution in [0.3, 0.4) is 0 Å². The molecule has 0 heterocycles. The molecule has 0 radical (unpaired) electrons. The van der Waals surface area contributed by atoms with Crippen LogP contribution in [0.15, 0.2) is 34.1 Å². The van der Waals surface area contributed by atoms with Crippen molar-refractivity contribution in [3.8, 4) is 0 Å². The Balaban J connectivity index is 2.93. The van der Waals surface area contributed by atoms with Gasteiger partial charge in [0.25, 0.3) is 0 Å². The van der Waals surface area contributed by atoms with Crippen molar-refractivity contribution >= 4 is 20.0 Å². The predicted octanol–water partition coefficient (Wildman–Crippen LogP) is -0.745. The maximum atomic E-state index is 11.8. The number of aliphatic hydroxyl groups is 1. The van der Waals surface area contributed by atoms with Gasteiger partial charge in [-0.3, -0.25) is 0 Å². The molecular formula is C10H16N2O5S2. The zero-order valence-electron chi connectivity index (χ0n) is 10.3. The smallest absolute Gasteiger partial charge is 0.240 e. The van der Waals surface area contributed by atoms with E-state index in [1.54, 1.807) is 0 Å². The number of sulfonamides is 2. The SMILES string of the molecule is CNS(=O)(=O)c1ccc(S(=O)(=O)NCCCO)cc1. The third-order valence-corrected chi connectivity index (χ3v) is 5.25. The van der Waals surface area contributed by atoms with Crippen LogP contribution in [0.5, 0.6) is 0 Å². The van der Waals surface area contributed by atoms with E-state index < -0.39 is 20.0 Å². The molecule has 0 spiro atoms. The van der Waals surface area contributed by atoms with Crippen molar-refractivity contribution in [2.45, 2.75) is 16.2 Å². The Labute approximate surface area is 112 Å². The zero-order valence-corrected chi connectivity index (χ0v) is 12.0. The summed E-state index contributed by atoms with van der Waals surface area (Å²) in [5.74, 6) is 0. The maximum Gasteiger partial charge on any atom is 0.240 e. The Morgan fingerprint density at radius 3 is 1.89 bits per heavy atom. The Morgan fingerprint density at radius 2 is 1.47 bits per heavy atom. The van der Waals surface area contributed by atoms with Crippen molar-refractivity contribution in [3.63, 3.8) is 0 Å². The van der Waals surface area contributed by atoms with Crippen molar-refractivity contribution in [2.75, 3.05) is 20.2 Å². The Morgan fingerprint density at radius 1 is 1.00 bits per heavy atom. The molecule has 0 aliphatic carbocycles. The molecule has 0 aliphatic rings. The topological polar surface area (TPSA) is 113 Å². The number of benzene rings is 1. The maximum absolute atomic E-state index is 11.8. The summed E-state index contributed by atoms with van der Waals surface area (Å²) in [6.07, 6.45) is 0.311. The molecule has 1 aromatic carbocycles. The first kappa shape index (κ1) is 16.1. The second-order valence-electron chi connectivity index (χ2n) is 3.65. The normalized spacial score (nSPS) is 12.5. The van der Waals surface area contributed by atoms with Gasteiger partial charge in [0.2, 0.25) is 20.0 Å². The molecule has 7 nitrogen and oxygen atoms in total. The van der Waals surface area contributed by atoms with Crippen molar-refractivity contribution in [1.82, 2.24) is 9.44 Å². The lowest BCUT2D eigenvalue weighted by Crippen LogP contribution is -2.25. The fraction of sp³-hybridized carbons (Fsp3) is 0.400. The standard InChI is InChI=1S/C10H16N2O5S2/c1-11-18(14,15)9-3-5-10(6-4-9)19(16,17)12-7-2-8-13/h3-6,11-13H,2,7-8H2,1H3. The molecule has 0 saturated heterocycles. The summed E-state index contributed by atoms with van der Waals surface area (Å²) >= 11 is 0. The fourth-order valence-corrected chi connectivity index (χ4v) is 3.09. The first-order valence-corrected chi connectivity index (χ1v) is 8.44. The molecule has 108 valence electrons. The number of hydrogen-bond donors (Lipinski definition) is 3. The van der Waals surface area contributed by atoms with Gasteiger partial charge in [-0.05, 0) is 37.7 Å². The van der Waals surface area contributed by atoms with E-state index in [0.717, 1.165) is 0 Å². The lowest BCUT2D eigenvalue weighted by Gasteiger charge is -2.07. The van der Waals surface area contributed by atoms with Gasteiger partial charge in [-0.1, -0.05) is 0 Å².